The number of carbonyl (C=O) groups is 1. The van der Waals surface area contributed by atoms with Gasteiger partial charge in [-0.3, -0.25) is 9.78 Å². The average Bonchev–Trinajstić information content (AvgIpc) is 3.30. The van der Waals surface area contributed by atoms with Gasteiger partial charge >= 0.3 is 0 Å². The number of rotatable bonds is 6. The minimum absolute atomic E-state index is 0.106. The molecular formula is C27H28N4O2. The highest BCUT2D eigenvalue weighted by Gasteiger charge is 2.42. The van der Waals surface area contributed by atoms with Gasteiger partial charge in [0.05, 0.1) is 11.6 Å². The van der Waals surface area contributed by atoms with Gasteiger partial charge in [0.15, 0.2) is 0 Å². The van der Waals surface area contributed by atoms with E-state index in [4.69, 9.17) is 10.5 Å². The van der Waals surface area contributed by atoms with Crippen molar-refractivity contribution in [3.05, 3.63) is 78.2 Å². The van der Waals surface area contributed by atoms with E-state index in [1.165, 1.54) is 10.9 Å². The maximum absolute atomic E-state index is 12.6. The summed E-state index contributed by atoms with van der Waals surface area (Å²) < 4.78 is 6.00. The number of nitrogens with zero attached hydrogens (tertiary/aromatic N) is 2. The Labute approximate surface area is 193 Å². The molecule has 0 saturated heterocycles. The third-order valence-corrected chi connectivity index (χ3v) is 6.54. The van der Waals surface area contributed by atoms with Gasteiger partial charge in [-0.25, -0.2) is 0 Å². The van der Waals surface area contributed by atoms with Crippen LogP contribution in [0, 0.1) is 0 Å². The number of H-pyrrole nitrogens is 1. The number of anilines is 1. The zero-order valence-corrected chi connectivity index (χ0v) is 19.1. The number of pyridine rings is 1. The molecule has 0 saturated carbocycles. The molecule has 0 radical (unpaired) electrons. The third kappa shape index (κ3) is 3.76. The lowest BCUT2D eigenvalue weighted by Gasteiger charge is -2.17. The van der Waals surface area contributed by atoms with Gasteiger partial charge in [0, 0.05) is 47.6 Å². The number of ether oxygens (including phenoxy) is 1. The number of nitrogens with one attached hydrogen (secondary N) is 1. The summed E-state index contributed by atoms with van der Waals surface area (Å²) in [6.07, 6.45) is 6.26. The highest BCUT2D eigenvalue weighted by atomic mass is 16.5. The molecular weight excluding hydrogens is 412 g/mol. The summed E-state index contributed by atoms with van der Waals surface area (Å²) in [6, 6.07) is 16.2. The number of fused-ring (bicyclic) bond motifs is 2. The Morgan fingerprint density at radius 3 is 2.79 bits per heavy atom. The number of nitrogens with two attached hydrogens (primary N) is 1. The maximum atomic E-state index is 12.6. The smallest absolute Gasteiger partial charge is 0.236 e. The first-order valence-electron chi connectivity index (χ1n) is 11.2. The van der Waals surface area contributed by atoms with E-state index in [2.05, 4.69) is 28.2 Å². The van der Waals surface area contributed by atoms with Crippen LogP contribution in [0.2, 0.25) is 0 Å². The van der Waals surface area contributed by atoms with Gasteiger partial charge in [-0.2, -0.15) is 0 Å². The van der Waals surface area contributed by atoms with Crippen molar-refractivity contribution in [1.82, 2.24) is 9.97 Å². The van der Waals surface area contributed by atoms with E-state index in [1.807, 2.05) is 63.6 Å². The SMILES string of the molecule is CN1C(=O)C(C)(C)c2cc(-c3cncc(OC[C@@H](N)Cc4c[nH]c5ccccc45)c3)ccc21. The lowest BCUT2D eigenvalue weighted by atomic mass is 9.85. The second kappa shape index (κ2) is 8.05. The molecule has 1 aliphatic heterocycles. The normalized spacial score (nSPS) is 15.6. The number of benzene rings is 2. The molecule has 0 aliphatic carbocycles. The van der Waals surface area contributed by atoms with E-state index >= 15 is 0 Å². The Bertz CT molecular complexity index is 1340. The third-order valence-electron chi connectivity index (χ3n) is 6.54. The van der Waals surface area contributed by atoms with Gasteiger partial charge in [-0.15, -0.1) is 0 Å². The summed E-state index contributed by atoms with van der Waals surface area (Å²) in [5.41, 5.74) is 12.1. The highest BCUT2D eigenvalue weighted by Crippen LogP contribution is 2.42. The van der Waals surface area contributed by atoms with Gasteiger partial charge in [-0.1, -0.05) is 24.3 Å². The van der Waals surface area contributed by atoms with Gasteiger partial charge in [0.2, 0.25) is 5.91 Å². The Balaban J connectivity index is 1.30. The number of aromatic amines is 1. The zero-order valence-electron chi connectivity index (χ0n) is 19.1. The molecule has 2 aromatic heterocycles. The molecule has 1 amide bonds. The second-order valence-electron chi connectivity index (χ2n) is 9.27. The standard InChI is InChI=1S/C27H28N4O2/c1-27(2)23-12-17(8-9-25(23)31(3)26(27)32)18-11-21(15-29-13-18)33-16-20(28)10-19-14-30-24-7-5-4-6-22(19)24/h4-9,11-15,20,30H,10,16,28H2,1-3H3/t20-/m0/s1. The van der Waals surface area contributed by atoms with Crippen molar-refractivity contribution >= 4 is 22.5 Å². The minimum Gasteiger partial charge on any atom is -0.490 e. The predicted molar refractivity (Wildman–Crippen MR) is 132 cm³/mol. The highest BCUT2D eigenvalue weighted by molar-refractivity contribution is 6.07. The molecule has 33 heavy (non-hydrogen) atoms. The van der Waals surface area contributed by atoms with Crippen molar-refractivity contribution in [1.29, 1.82) is 0 Å². The van der Waals surface area contributed by atoms with E-state index in [0.29, 0.717) is 12.4 Å². The fraction of sp³-hybridized carbons (Fsp3) is 0.259. The molecule has 168 valence electrons. The Morgan fingerprint density at radius 2 is 1.94 bits per heavy atom. The molecule has 2 aromatic carbocycles. The Hall–Kier alpha value is -3.64. The van der Waals surface area contributed by atoms with Crippen LogP contribution in [0.3, 0.4) is 0 Å². The molecule has 0 spiro atoms. The summed E-state index contributed by atoms with van der Waals surface area (Å²) in [5.74, 6) is 0.781. The fourth-order valence-corrected chi connectivity index (χ4v) is 4.65. The van der Waals surface area contributed by atoms with Crippen LogP contribution in [0.15, 0.2) is 67.1 Å². The van der Waals surface area contributed by atoms with E-state index in [-0.39, 0.29) is 11.9 Å². The Kier molecular flexibility index (Phi) is 5.17. The van der Waals surface area contributed by atoms with Crippen LogP contribution in [0.25, 0.3) is 22.0 Å². The number of aromatic nitrogens is 2. The van der Waals surface area contributed by atoms with Crippen LogP contribution >= 0.6 is 0 Å². The molecule has 1 atom stereocenters. The van der Waals surface area contributed by atoms with Crippen molar-refractivity contribution in [3.8, 4) is 16.9 Å². The number of hydrogen-bond acceptors (Lipinski definition) is 4. The summed E-state index contributed by atoms with van der Waals surface area (Å²) in [5, 5.41) is 1.19. The molecule has 0 unspecified atom stereocenters. The van der Waals surface area contributed by atoms with E-state index < -0.39 is 5.41 Å². The first-order chi connectivity index (χ1) is 15.8. The molecule has 3 N–H and O–H groups in total. The van der Waals surface area contributed by atoms with Crippen molar-refractivity contribution < 1.29 is 9.53 Å². The number of hydrogen-bond donors (Lipinski definition) is 2. The van der Waals surface area contributed by atoms with Gasteiger partial charge in [0.25, 0.3) is 0 Å². The van der Waals surface area contributed by atoms with Crippen LogP contribution in [0.1, 0.15) is 25.0 Å². The van der Waals surface area contributed by atoms with Crippen molar-refractivity contribution in [2.45, 2.75) is 31.7 Å². The van der Waals surface area contributed by atoms with Crippen LogP contribution < -0.4 is 15.4 Å². The second-order valence-corrected chi connectivity index (χ2v) is 9.27. The van der Waals surface area contributed by atoms with Crippen LogP contribution in [-0.4, -0.2) is 35.6 Å². The molecule has 4 aromatic rings. The summed E-state index contributed by atoms with van der Waals surface area (Å²) in [6.45, 7) is 4.32. The van der Waals surface area contributed by atoms with E-state index in [9.17, 15) is 4.79 Å². The lowest BCUT2D eigenvalue weighted by Crippen LogP contribution is -2.33. The molecule has 6 heteroatoms. The van der Waals surface area contributed by atoms with E-state index in [0.717, 1.165) is 34.3 Å². The molecule has 3 heterocycles. The van der Waals surface area contributed by atoms with Crippen LogP contribution in [0.5, 0.6) is 5.75 Å². The fourth-order valence-electron chi connectivity index (χ4n) is 4.65. The minimum atomic E-state index is -0.545. The molecule has 1 aliphatic rings. The zero-order chi connectivity index (χ0) is 23.2. The van der Waals surface area contributed by atoms with Crippen LogP contribution in [-0.2, 0) is 16.6 Å². The lowest BCUT2D eigenvalue weighted by molar-refractivity contribution is -0.121. The number of likely N-dealkylation sites (N-methyl/N-ethyl adjacent to an activating group) is 1. The Morgan fingerprint density at radius 1 is 1.12 bits per heavy atom. The first-order valence-corrected chi connectivity index (χ1v) is 11.2. The molecule has 0 bridgehead atoms. The number of para-hydroxylation sites is 1. The summed E-state index contributed by atoms with van der Waals surface area (Å²) in [7, 11) is 1.82. The van der Waals surface area contributed by atoms with Gasteiger partial charge in [-0.05, 0) is 61.2 Å². The topological polar surface area (TPSA) is 84.2 Å². The number of amides is 1. The molecule has 6 nitrogen and oxygen atoms in total. The first kappa shape index (κ1) is 21.2. The van der Waals surface area contributed by atoms with Crippen molar-refractivity contribution in [3.63, 3.8) is 0 Å². The molecule has 5 rings (SSSR count). The monoisotopic (exact) mass is 440 g/mol. The average molecular weight is 441 g/mol. The van der Waals surface area contributed by atoms with E-state index in [1.54, 1.807) is 11.1 Å². The predicted octanol–water partition coefficient (Wildman–Crippen LogP) is 4.43. The molecule has 0 fully saturated rings. The number of carbonyl (C=O) groups excluding carboxylic acids is 1. The van der Waals surface area contributed by atoms with Crippen LogP contribution in [0.4, 0.5) is 5.69 Å². The van der Waals surface area contributed by atoms with Crippen molar-refractivity contribution in [2.75, 3.05) is 18.6 Å². The largest absolute Gasteiger partial charge is 0.490 e. The van der Waals surface area contributed by atoms with Crippen molar-refractivity contribution in [2.24, 2.45) is 5.73 Å². The summed E-state index contributed by atoms with van der Waals surface area (Å²) in [4.78, 5) is 22.0. The quantitative estimate of drug-likeness (QED) is 0.464. The van der Waals surface area contributed by atoms with Gasteiger partial charge in [0.1, 0.15) is 12.4 Å². The maximum Gasteiger partial charge on any atom is 0.236 e. The van der Waals surface area contributed by atoms with Gasteiger partial charge < -0.3 is 20.4 Å². The summed E-state index contributed by atoms with van der Waals surface area (Å²) >= 11 is 0.